The number of amides is 2. The highest BCUT2D eigenvalue weighted by Gasteiger charge is 2.23. The van der Waals surface area contributed by atoms with Crippen molar-refractivity contribution in [1.29, 1.82) is 0 Å². The average Bonchev–Trinajstić information content (AvgIpc) is 2.81. The summed E-state index contributed by atoms with van der Waals surface area (Å²) in [4.78, 5) is 25.3. The molecule has 1 atom stereocenters. The molecule has 3 rings (SSSR count). The molecule has 1 aliphatic heterocycles. The summed E-state index contributed by atoms with van der Waals surface area (Å²) < 4.78 is 25.5. The van der Waals surface area contributed by atoms with E-state index in [1.54, 1.807) is 6.07 Å². The van der Waals surface area contributed by atoms with E-state index in [1.165, 1.54) is 23.9 Å². The Kier molecular flexibility index (Phi) is 6.33. The van der Waals surface area contributed by atoms with Crippen LogP contribution >= 0.6 is 11.8 Å². The van der Waals surface area contributed by atoms with Gasteiger partial charge in [0, 0.05) is 28.7 Å². The van der Waals surface area contributed by atoms with Crippen LogP contribution in [0.3, 0.4) is 0 Å². The van der Waals surface area contributed by atoms with E-state index in [4.69, 9.17) is 0 Å². The van der Waals surface area contributed by atoms with Crippen LogP contribution in [0.15, 0.2) is 46.2 Å². The third-order valence-electron chi connectivity index (χ3n) is 4.85. The van der Waals surface area contributed by atoms with Gasteiger partial charge in [0.15, 0.2) is 9.84 Å². The van der Waals surface area contributed by atoms with Gasteiger partial charge < -0.3 is 10.6 Å². The first-order valence-corrected chi connectivity index (χ1v) is 12.0. The number of hydrogen-bond donors (Lipinski definition) is 2. The second kappa shape index (κ2) is 8.59. The Morgan fingerprint density at radius 3 is 2.59 bits per heavy atom. The monoisotopic (exact) mass is 432 g/mol. The first-order chi connectivity index (χ1) is 13.7. The Labute approximate surface area is 175 Å². The van der Waals surface area contributed by atoms with E-state index in [2.05, 4.69) is 10.6 Å². The van der Waals surface area contributed by atoms with Gasteiger partial charge in [-0.15, -0.1) is 11.8 Å². The van der Waals surface area contributed by atoms with Crippen LogP contribution in [0.1, 0.15) is 24.5 Å². The standard InChI is InChI=1S/C21H24N2O4S2/c1-13-5-4-6-14(2)20(13)23-19(24)9-10-29(26,27)16-7-8-18-17(11-16)22-21(25)15(3)12-28-18/h4-8,11,15H,9-10,12H2,1-3H3,(H,22,25)(H,23,24)/t15-/m0/s1. The summed E-state index contributed by atoms with van der Waals surface area (Å²) in [5.41, 5.74) is 3.07. The summed E-state index contributed by atoms with van der Waals surface area (Å²) in [5.74, 6) is -0.290. The zero-order valence-corrected chi connectivity index (χ0v) is 18.2. The molecule has 0 saturated heterocycles. The molecule has 2 amide bonds. The van der Waals surface area contributed by atoms with Crippen molar-refractivity contribution in [3.63, 3.8) is 0 Å². The van der Waals surface area contributed by atoms with Crippen LogP contribution in [0.4, 0.5) is 11.4 Å². The summed E-state index contributed by atoms with van der Waals surface area (Å²) in [6.45, 7) is 5.62. The number of sulfone groups is 1. The van der Waals surface area contributed by atoms with E-state index in [1.807, 2.05) is 39.0 Å². The zero-order chi connectivity index (χ0) is 21.2. The number of rotatable bonds is 5. The molecule has 8 heteroatoms. The molecule has 0 fully saturated rings. The maximum absolute atomic E-state index is 12.7. The lowest BCUT2D eigenvalue weighted by Crippen LogP contribution is -2.20. The molecular formula is C21H24N2O4S2. The summed E-state index contributed by atoms with van der Waals surface area (Å²) in [6.07, 6.45) is -0.147. The highest BCUT2D eigenvalue weighted by Crippen LogP contribution is 2.34. The summed E-state index contributed by atoms with van der Waals surface area (Å²) in [7, 11) is -3.67. The van der Waals surface area contributed by atoms with Crippen LogP contribution in [0.2, 0.25) is 0 Å². The lowest BCUT2D eigenvalue weighted by molar-refractivity contribution is -0.118. The molecule has 2 aromatic rings. The van der Waals surface area contributed by atoms with Crippen molar-refractivity contribution in [1.82, 2.24) is 0 Å². The second-order valence-electron chi connectivity index (χ2n) is 7.24. The number of para-hydroxylation sites is 1. The number of carbonyl (C=O) groups excluding carboxylic acids is 2. The molecule has 0 aliphatic carbocycles. The van der Waals surface area contributed by atoms with Gasteiger partial charge in [-0.05, 0) is 43.2 Å². The Morgan fingerprint density at radius 2 is 1.90 bits per heavy atom. The molecule has 0 radical (unpaired) electrons. The number of aryl methyl sites for hydroxylation is 2. The Morgan fingerprint density at radius 1 is 1.21 bits per heavy atom. The molecule has 0 spiro atoms. The number of carbonyl (C=O) groups is 2. The molecular weight excluding hydrogens is 408 g/mol. The fourth-order valence-electron chi connectivity index (χ4n) is 3.03. The van der Waals surface area contributed by atoms with Gasteiger partial charge in [-0.1, -0.05) is 25.1 Å². The maximum atomic E-state index is 12.7. The number of thioether (sulfide) groups is 1. The Bertz CT molecular complexity index is 1040. The van der Waals surface area contributed by atoms with Gasteiger partial charge >= 0.3 is 0 Å². The lowest BCUT2D eigenvalue weighted by atomic mass is 10.1. The van der Waals surface area contributed by atoms with Crippen molar-refractivity contribution in [3.05, 3.63) is 47.5 Å². The minimum Gasteiger partial charge on any atom is -0.326 e. The van der Waals surface area contributed by atoms with Gasteiger partial charge in [-0.25, -0.2) is 8.42 Å². The van der Waals surface area contributed by atoms with Crippen molar-refractivity contribution < 1.29 is 18.0 Å². The van der Waals surface area contributed by atoms with Gasteiger partial charge in [0.25, 0.3) is 0 Å². The van der Waals surface area contributed by atoms with Crippen LogP contribution in [0.25, 0.3) is 0 Å². The van der Waals surface area contributed by atoms with Crippen molar-refractivity contribution in [3.8, 4) is 0 Å². The first-order valence-electron chi connectivity index (χ1n) is 9.34. The van der Waals surface area contributed by atoms with Gasteiger partial charge in [-0.3, -0.25) is 9.59 Å². The van der Waals surface area contributed by atoms with E-state index < -0.39 is 9.84 Å². The van der Waals surface area contributed by atoms with Crippen LogP contribution in [-0.2, 0) is 19.4 Å². The first kappa shape index (κ1) is 21.4. The van der Waals surface area contributed by atoms with Crippen LogP contribution in [0.5, 0.6) is 0 Å². The van der Waals surface area contributed by atoms with E-state index in [9.17, 15) is 18.0 Å². The highest BCUT2D eigenvalue weighted by molar-refractivity contribution is 7.99. The molecule has 0 bridgehead atoms. The van der Waals surface area contributed by atoms with Crippen LogP contribution in [0, 0.1) is 19.8 Å². The molecule has 0 aromatic heterocycles. The highest BCUT2D eigenvalue weighted by atomic mass is 32.2. The predicted octanol–water partition coefficient (Wildman–Crippen LogP) is 3.79. The molecule has 2 N–H and O–H groups in total. The number of fused-ring (bicyclic) bond motifs is 1. The van der Waals surface area contributed by atoms with Crippen molar-refractivity contribution in [2.75, 3.05) is 22.1 Å². The molecule has 6 nitrogen and oxygen atoms in total. The average molecular weight is 433 g/mol. The van der Waals surface area contributed by atoms with Gasteiger partial charge in [-0.2, -0.15) is 0 Å². The zero-order valence-electron chi connectivity index (χ0n) is 16.6. The predicted molar refractivity (Wildman–Crippen MR) is 116 cm³/mol. The number of anilines is 2. The number of benzene rings is 2. The van der Waals surface area contributed by atoms with Gasteiger partial charge in [0.2, 0.25) is 11.8 Å². The minimum absolute atomic E-state index is 0.103. The second-order valence-corrected chi connectivity index (χ2v) is 10.4. The van der Waals surface area contributed by atoms with E-state index in [0.717, 1.165) is 16.0 Å². The molecule has 29 heavy (non-hydrogen) atoms. The smallest absolute Gasteiger partial charge is 0.228 e. The fraction of sp³-hybridized carbons (Fsp3) is 0.333. The molecule has 154 valence electrons. The van der Waals surface area contributed by atoms with Gasteiger partial charge in [0.1, 0.15) is 0 Å². The summed E-state index contributed by atoms with van der Waals surface area (Å²) >= 11 is 1.52. The largest absolute Gasteiger partial charge is 0.326 e. The SMILES string of the molecule is Cc1cccc(C)c1NC(=O)CCS(=O)(=O)c1ccc2c(c1)NC(=O)[C@@H](C)CS2. The Balaban J connectivity index is 1.71. The fourth-order valence-corrected chi connectivity index (χ4v) is 5.30. The maximum Gasteiger partial charge on any atom is 0.228 e. The molecule has 1 aliphatic rings. The Hall–Kier alpha value is -2.32. The summed E-state index contributed by atoms with van der Waals surface area (Å²) in [6, 6.07) is 10.4. The van der Waals surface area contributed by atoms with Gasteiger partial charge in [0.05, 0.1) is 16.3 Å². The van der Waals surface area contributed by atoms with E-state index in [0.29, 0.717) is 17.1 Å². The molecule has 1 heterocycles. The quantitative estimate of drug-likeness (QED) is 0.750. The lowest BCUT2D eigenvalue weighted by Gasteiger charge is -2.12. The normalized spacial score (nSPS) is 16.5. The minimum atomic E-state index is -3.67. The topological polar surface area (TPSA) is 92.3 Å². The van der Waals surface area contributed by atoms with Crippen molar-refractivity contribution >= 4 is 44.8 Å². The molecule has 0 saturated carbocycles. The summed E-state index contributed by atoms with van der Waals surface area (Å²) in [5, 5.41) is 5.60. The molecule has 0 unspecified atom stereocenters. The number of nitrogens with one attached hydrogen (secondary N) is 2. The van der Waals surface area contributed by atoms with Crippen LogP contribution < -0.4 is 10.6 Å². The van der Waals surface area contributed by atoms with E-state index >= 15 is 0 Å². The number of hydrogen-bond acceptors (Lipinski definition) is 5. The van der Waals surface area contributed by atoms with E-state index in [-0.39, 0.29) is 34.8 Å². The van der Waals surface area contributed by atoms with Crippen molar-refractivity contribution in [2.45, 2.75) is 37.0 Å². The van der Waals surface area contributed by atoms with Crippen LogP contribution in [-0.4, -0.2) is 31.7 Å². The molecule has 2 aromatic carbocycles. The third-order valence-corrected chi connectivity index (χ3v) is 7.90. The third kappa shape index (κ3) is 5.00. The van der Waals surface area contributed by atoms with Crippen molar-refractivity contribution in [2.24, 2.45) is 5.92 Å².